The maximum Gasteiger partial charge on any atom is 0.266 e. The van der Waals surface area contributed by atoms with Gasteiger partial charge >= 0.3 is 0 Å². The standard InChI is InChI=1S/C10H10Cl2O2/c1-10(7-11,9(12)13)14-8-5-3-2-4-6-8/h2-6H,7H2,1H3. The number of rotatable bonds is 4. The molecular formula is C10H10Cl2O2. The fourth-order valence-corrected chi connectivity index (χ4v) is 1.22. The summed E-state index contributed by atoms with van der Waals surface area (Å²) in [4.78, 5) is 11.1. The topological polar surface area (TPSA) is 26.3 Å². The SMILES string of the molecule is CC(CCl)(Oc1ccccc1)C(=O)Cl. The van der Waals surface area contributed by atoms with E-state index in [1.165, 1.54) is 0 Å². The molecule has 0 bridgehead atoms. The Morgan fingerprint density at radius 1 is 1.43 bits per heavy atom. The number of benzene rings is 1. The molecule has 2 nitrogen and oxygen atoms in total. The van der Waals surface area contributed by atoms with Crippen LogP contribution in [0.2, 0.25) is 0 Å². The van der Waals surface area contributed by atoms with Gasteiger partial charge in [0.15, 0.2) is 5.60 Å². The van der Waals surface area contributed by atoms with Crippen molar-refractivity contribution in [1.29, 1.82) is 0 Å². The number of hydrogen-bond acceptors (Lipinski definition) is 2. The minimum atomic E-state index is -1.16. The van der Waals surface area contributed by atoms with Gasteiger partial charge in [0.1, 0.15) is 5.75 Å². The molecule has 0 N–H and O–H groups in total. The van der Waals surface area contributed by atoms with Gasteiger partial charge in [-0.15, -0.1) is 11.6 Å². The van der Waals surface area contributed by atoms with Crippen molar-refractivity contribution in [3.63, 3.8) is 0 Å². The predicted molar refractivity (Wildman–Crippen MR) is 57.1 cm³/mol. The second-order valence-electron chi connectivity index (χ2n) is 3.05. The zero-order valence-electron chi connectivity index (χ0n) is 7.67. The largest absolute Gasteiger partial charge is 0.477 e. The van der Waals surface area contributed by atoms with E-state index in [2.05, 4.69) is 0 Å². The van der Waals surface area contributed by atoms with Crippen molar-refractivity contribution in [2.45, 2.75) is 12.5 Å². The molecule has 0 fully saturated rings. The van der Waals surface area contributed by atoms with Crippen LogP contribution < -0.4 is 4.74 Å². The summed E-state index contributed by atoms with van der Waals surface area (Å²) in [7, 11) is 0. The van der Waals surface area contributed by atoms with Gasteiger partial charge in [0, 0.05) is 0 Å². The van der Waals surface area contributed by atoms with Crippen LogP contribution in [0.5, 0.6) is 5.75 Å². The minimum Gasteiger partial charge on any atom is -0.477 e. The number of para-hydroxylation sites is 1. The van der Waals surface area contributed by atoms with Crippen molar-refractivity contribution in [2.75, 3.05) is 5.88 Å². The molecule has 0 aliphatic heterocycles. The lowest BCUT2D eigenvalue weighted by atomic mass is 10.1. The van der Waals surface area contributed by atoms with Crippen LogP contribution in [0.1, 0.15) is 6.92 Å². The molecule has 0 spiro atoms. The summed E-state index contributed by atoms with van der Waals surface area (Å²) < 4.78 is 5.40. The van der Waals surface area contributed by atoms with Gasteiger partial charge < -0.3 is 4.74 Å². The summed E-state index contributed by atoms with van der Waals surface area (Å²) >= 11 is 11.0. The molecular weight excluding hydrogens is 223 g/mol. The van der Waals surface area contributed by atoms with Crippen LogP contribution in [-0.2, 0) is 4.79 Å². The fraction of sp³-hybridized carbons (Fsp3) is 0.300. The maximum absolute atomic E-state index is 11.1. The number of ether oxygens (including phenoxy) is 1. The summed E-state index contributed by atoms with van der Waals surface area (Å²) in [6.45, 7) is 1.56. The summed E-state index contributed by atoms with van der Waals surface area (Å²) in [6.07, 6.45) is 0. The summed E-state index contributed by atoms with van der Waals surface area (Å²) in [6, 6.07) is 8.95. The molecule has 0 amide bonds. The molecule has 1 aromatic carbocycles. The molecule has 1 unspecified atom stereocenters. The number of carbonyl (C=O) groups excluding carboxylic acids is 1. The molecule has 1 atom stereocenters. The van der Waals surface area contributed by atoms with Gasteiger partial charge in [-0.2, -0.15) is 0 Å². The van der Waals surface area contributed by atoms with E-state index in [1.54, 1.807) is 19.1 Å². The number of carbonyl (C=O) groups is 1. The highest BCUT2D eigenvalue weighted by molar-refractivity contribution is 6.65. The van der Waals surface area contributed by atoms with Gasteiger partial charge in [0.2, 0.25) is 0 Å². The number of hydrogen-bond donors (Lipinski definition) is 0. The van der Waals surface area contributed by atoms with E-state index < -0.39 is 10.8 Å². The molecule has 0 radical (unpaired) electrons. The average molecular weight is 233 g/mol. The summed E-state index contributed by atoms with van der Waals surface area (Å²) in [5.74, 6) is 0.592. The summed E-state index contributed by atoms with van der Waals surface area (Å²) in [5, 5.41) is -0.601. The van der Waals surface area contributed by atoms with E-state index in [0.717, 1.165) is 0 Å². The van der Waals surface area contributed by atoms with Gasteiger partial charge in [0.05, 0.1) is 5.88 Å². The quantitative estimate of drug-likeness (QED) is 0.590. The Bertz CT molecular complexity index is 313. The molecule has 4 heteroatoms. The minimum absolute atomic E-state index is 0.0181. The molecule has 0 aliphatic carbocycles. The van der Waals surface area contributed by atoms with Gasteiger partial charge in [-0.05, 0) is 30.7 Å². The second kappa shape index (κ2) is 4.67. The first-order chi connectivity index (χ1) is 6.58. The van der Waals surface area contributed by atoms with Crippen molar-refractivity contribution >= 4 is 28.4 Å². The highest BCUT2D eigenvalue weighted by Crippen LogP contribution is 2.21. The molecule has 1 aromatic rings. The van der Waals surface area contributed by atoms with E-state index in [9.17, 15) is 4.79 Å². The predicted octanol–water partition coefficient (Wildman–Crippen LogP) is 2.83. The van der Waals surface area contributed by atoms with Crippen molar-refractivity contribution in [1.82, 2.24) is 0 Å². The van der Waals surface area contributed by atoms with E-state index >= 15 is 0 Å². The Kier molecular flexibility index (Phi) is 3.78. The van der Waals surface area contributed by atoms with Crippen LogP contribution in [0.15, 0.2) is 30.3 Å². The van der Waals surface area contributed by atoms with Crippen molar-refractivity contribution in [3.05, 3.63) is 30.3 Å². The van der Waals surface area contributed by atoms with Crippen LogP contribution in [0.3, 0.4) is 0 Å². The van der Waals surface area contributed by atoms with Gasteiger partial charge in [-0.1, -0.05) is 18.2 Å². The number of halogens is 2. The highest BCUT2D eigenvalue weighted by Gasteiger charge is 2.33. The first kappa shape index (κ1) is 11.3. The van der Waals surface area contributed by atoms with Crippen molar-refractivity contribution in [3.8, 4) is 5.75 Å². The molecule has 0 saturated heterocycles. The lowest BCUT2D eigenvalue weighted by Crippen LogP contribution is -2.40. The monoisotopic (exact) mass is 232 g/mol. The molecule has 0 heterocycles. The Hall–Kier alpha value is -0.730. The van der Waals surface area contributed by atoms with Gasteiger partial charge in [0.25, 0.3) is 5.24 Å². The van der Waals surface area contributed by atoms with Crippen molar-refractivity contribution in [2.24, 2.45) is 0 Å². The molecule has 76 valence electrons. The summed E-state index contributed by atoms with van der Waals surface area (Å²) in [5.41, 5.74) is -1.16. The van der Waals surface area contributed by atoms with Gasteiger partial charge in [-0.25, -0.2) is 0 Å². The smallest absolute Gasteiger partial charge is 0.266 e. The average Bonchev–Trinajstić information content (AvgIpc) is 2.19. The Morgan fingerprint density at radius 3 is 2.43 bits per heavy atom. The number of alkyl halides is 1. The zero-order valence-corrected chi connectivity index (χ0v) is 9.18. The third-order valence-corrected chi connectivity index (χ3v) is 2.67. The molecule has 0 aromatic heterocycles. The molecule has 0 aliphatic rings. The lowest BCUT2D eigenvalue weighted by Gasteiger charge is -2.24. The van der Waals surface area contributed by atoms with Crippen LogP contribution in [-0.4, -0.2) is 16.7 Å². The van der Waals surface area contributed by atoms with Crippen LogP contribution in [0.4, 0.5) is 0 Å². The van der Waals surface area contributed by atoms with E-state index in [-0.39, 0.29) is 5.88 Å². The second-order valence-corrected chi connectivity index (χ2v) is 3.66. The molecule has 0 saturated carbocycles. The van der Waals surface area contributed by atoms with E-state index in [0.29, 0.717) is 5.75 Å². The third-order valence-electron chi connectivity index (χ3n) is 1.76. The van der Waals surface area contributed by atoms with Crippen LogP contribution in [0.25, 0.3) is 0 Å². The maximum atomic E-state index is 11.1. The first-order valence-corrected chi connectivity index (χ1v) is 5.00. The van der Waals surface area contributed by atoms with E-state index in [4.69, 9.17) is 27.9 Å². The van der Waals surface area contributed by atoms with Crippen molar-refractivity contribution < 1.29 is 9.53 Å². The van der Waals surface area contributed by atoms with Gasteiger partial charge in [-0.3, -0.25) is 4.79 Å². The molecule has 1 rings (SSSR count). The fourth-order valence-electron chi connectivity index (χ4n) is 0.869. The molecule has 14 heavy (non-hydrogen) atoms. The third kappa shape index (κ3) is 2.63. The van der Waals surface area contributed by atoms with E-state index in [1.807, 2.05) is 18.2 Å². The Morgan fingerprint density at radius 2 is 2.00 bits per heavy atom. The Labute approximate surface area is 92.8 Å². The first-order valence-electron chi connectivity index (χ1n) is 4.08. The normalized spacial score (nSPS) is 14.5. The lowest BCUT2D eigenvalue weighted by molar-refractivity contribution is -0.123. The highest BCUT2D eigenvalue weighted by atomic mass is 35.5. The zero-order chi connectivity index (χ0) is 10.6. The van der Waals surface area contributed by atoms with Crippen LogP contribution in [0, 0.1) is 0 Å². The van der Waals surface area contributed by atoms with Crippen LogP contribution >= 0.6 is 23.2 Å². The Balaban J connectivity index is 2.81.